The van der Waals surface area contributed by atoms with Gasteiger partial charge in [-0.25, -0.2) is 4.98 Å². The zero-order chi connectivity index (χ0) is 14.9. The Morgan fingerprint density at radius 3 is 2.81 bits per heavy atom. The van der Waals surface area contributed by atoms with Crippen LogP contribution in [-0.4, -0.2) is 26.6 Å². The predicted molar refractivity (Wildman–Crippen MR) is 80.6 cm³/mol. The molecule has 1 fully saturated rings. The zero-order valence-corrected chi connectivity index (χ0v) is 12.0. The molecule has 1 amide bonds. The monoisotopic (exact) mass is 285 g/mol. The molecule has 6 heteroatoms. The van der Waals surface area contributed by atoms with Crippen molar-refractivity contribution in [1.29, 1.82) is 0 Å². The first-order valence-corrected chi connectivity index (χ1v) is 7.13. The highest BCUT2D eigenvalue weighted by Crippen LogP contribution is 2.33. The molecular weight excluding hydrogens is 266 g/mol. The maximum absolute atomic E-state index is 12.2. The lowest BCUT2D eigenvalue weighted by atomic mass is 9.75. The van der Waals surface area contributed by atoms with Crippen LogP contribution < -0.4 is 11.1 Å². The number of hydrogen-bond acceptors (Lipinski definition) is 4. The van der Waals surface area contributed by atoms with Gasteiger partial charge in [0.15, 0.2) is 5.82 Å². The maximum Gasteiger partial charge on any atom is 0.226 e. The van der Waals surface area contributed by atoms with E-state index in [0.717, 1.165) is 30.7 Å². The van der Waals surface area contributed by atoms with E-state index < -0.39 is 0 Å². The van der Waals surface area contributed by atoms with Crippen LogP contribution in [-0.2, 0) is 4.79 Å². The van der Waals surface area contributed by atoms with Gasteiger partial charge in [0, 0.05) is 17.5 Å². The van der Waals surface area contributed by atoms with Crippen molar-refractivity contribution in [2.75, 3.05) is 5.32 Å². The fraction of sp³-hybridized carbons (Fsp3) is 0.400. The van der Waals surface area contributed by atoms with E-state index in [1.165, 1.54) is 0 Å². The summed E-state index contributed by atoms with van der Waals surface area (Å²) < 4.78 is 0. The van der Waals surface area contributed by atoms with E-state index in [-0.39, 0.29) is 11.4 Å². The number of benzene rings is 1. The Labute approximate surface area is 123 Å². The smallest absolute Gasteiger partial charge is 0.226 e. The molecule has 0 spiro atoms. The van der Waals surface area contributed by atoms with Gasteiger partial charge < -0.3 is 11.1 Å². The Bertz CT molecular complexity index is 660. The second kappa shape index (κ2) is 5.29. The fourth-order valence-electron chi connectivity index (χ4n) is 2.57. The molecule has 4 N–H and O–H groups in total. The molecule has 3 rings (SSSR count). The summed E-state index contributed by atoms with van der Waals surface area (Å²) in [5, 5.41) is 9.88. The SMILES string of the molecule is Cc1nc(-c2ccccc2NC(=O)CC2(N)CCC2)n[nH]1. The van der Waals surface area contributed by atoms with Crippen molar-refractivity contribution < 1.29 is 4.79 Å². The van der Waals surface area contributed by atoms with E-state index in [9.17, 15) is 4.79 Å². The van der Waals surface area contributed by atoms with E-state index in [0.29, 0.717) is 17.9 Å². The van der Waals surface area contributed by atoms with Crippen LogP contribution in [0.15, 0.2) is 24.3 Å². The average Bonchev–Trinajstić information content (AvgIpc) is 2.84. The molecule has 1 saturated carbocycles. The highest BCUT2D eigenvalue weighted by molar-refractivity contribution is 5.95. The molecule has 0 saturated heterocycles. The molecule has 1 aliphatic rings. The van der Waals surface area contributed by atoms with Crippen LogP contribution >= 0.6 is 0 Å². The second-order valence-corrected chi connectivity index (χ2v) is 5.73. The average molecular weight is 285 g/mol. The molecule has 1 aliphatic carbocycles. The Balaban J connectivity index is 1.77. The summed E-state index contributed by atoms with van der Waals surface area (Å²) in [6.45, 7) is 1.84. The van der Waals surface area contributed by atoms with Gasteiger partial charge in [0.2, 0.25) is 5.91 Å². The third-order valence-corrected chi connectivity index (χ3v) is 3.90. The van der Waals surface area contributed by atoms with E-state index >= 15 is 0 Å². The van der Waals surface area contributed by atoms with Crippen molar-refractivity contribution in [3.63, 3.8) is 0 Å². The van der Waals surface area contributed by atoms with Gasteiger partial charge in [0.05, 0.1) is 5.69 Å². The number of nitrogens with zero attached hydrogens (tertiary/aromatic N) is 2. The molecule has 0 atom stereocenters. The van der Waals surface area contributed by atoms with Gasteiger partial charge in [-0.2, -0.15) is 5.10 Å². The van der Waals surface area contributed by atoms with E-state index in [1.54, 1.807) is 0 Å². The standard InChI is InChI=1S/C15H19N5O/c1-10-17-14(20-19-10)11-5-2-3-6-12(11)18-13(21)9-15(16)7-4-8-15/h2-3,5-6H,4,7-9,16H2,1H3,(H,18,21)(H,17,19,20). The first-order chi connectivity index (χ1) is 10.1. The number of nitrogens with two attached hydrogens (primary N) is 1. The number of para-hydroxylation sites is 1. The zero-order valence-electron chi connectivity index (χ0n) is 12.0. The van der Waals surface area contributed by atoms with Gasteiger partial charge in [-0.15, -0.1) is 0 Å². The molecular formula is C15H19N5O. The summed E-state index contributed by atoms with van der Waals surface area (Å²) >= 11 is 0. The largest absolute Gasteiger partial charge is 0.325 e. The lowest BCUT2D eigenvalue weighted by Crippen LogP contribution is -2.48. The predicted octanol–water partition coefficient (Wildman–Crippen LogP) is 1.99. The summed E-state index contributed by atoms with van der Waals surface area (Å²) in [6.07, 6.45) is 3.30. The number of aromatic amines is 1. The summed E-state index contributed by atoms with van der Waals surface area (Å²) in [4.78, 5) is 16.5. The van der Waals surface area contributed by atoms with Crippen molar-refractivity contribution in [1.82, 2.24) is 15.2 Å². The second-order valence-electron chi connectivity index (χ2n) is 5.73. The van der Waals surface area contributed by atoms with Crippen LogP contribution in [0.5, 0.6) is 0 Å². The minimum Gasteiger partial charge on any atom is -0.325 e. The van der Waals surface area contributed by atoms with Gasteiger partial charge in [0.1, 0.15) is 5.82 Å². The molecule has 1 aromatic carbocycles. The van der Waals surface area contributed by atoms with Crippen LogP contribution in [0.3, 0.4) is 0 Å². The highest BCUT2D eigenvalue weighted by Gasteiger charge is 2.34. The topological polar surface area (TPSA) is 96.7 Å². The van der Waals surface area contributed by atoms with Crippen LogP contribution in [0.4, 0.5) is 5.69 Å². The lowest BCUT2D eigenvalue weighted by molar-refractivity contribution is -0.118. The van der Waals surface area contributed by atoms with Crippen molar-refractivity contribution in [3.05, 3.63) is 30.1 Å². The van der Waals surface area contributed by atoms with E-state index in [4.69, 9.17) is 5.73 Å². The summed E-state index contributed by atoms with van der Waals surface area (Å²) in [6, 6.07) is 7.51. The number of aryl methyl sites for hydroxylation is 1. The number of carbonyl (C=O) groups excluding carboxylic acids is 1. The van der Waals surface area contributed by atoms with Crippen molar-refractivity contribution >= 4 is 11.6 Å². The highest BCUT2D eigenvalue weighted by atomic mass is 16.1. The molecule has 1 heterocycles. The van der Waals surface area contributed by atoms with E-state index in [1.807, 2.05) is 31.2 Å². The number of nitrogens with one attached hydrogen (secondary N) is 2. The number of amides is 1. The van der Waals surface area contributed by atoms with Gasteiger partial charge in [-0.3, -0.25) is 9.89 Å². The number of H-pyrrole nitrogens is 1. The van der Waals surface area contributed by atoms with Crippen LogP contribution in [0.2, 0.25) is 0 Å². The van der Waals surface area contributed by atoms with E-state index in [2.05, 4.69) is 20.5 Å². The van der Waals surface area contributed by atoms with Gasteiger partial charge in [0.25, 0.3) is 0 Å². The first-order valence-electron chi connectivity index (χ1n) is 7.13. The number of carbonyl (C=O) groups is 1. The Morgan fingerprint density at radius 2 is 2.19 bits per heavy atom. The first kappa shape index (κ1) is 13.8. The van der Waals surface area contributed by atoms with Gasteiger partial charge in [-0.05, 0) is 38.3 Å². The summed E-state index contributed by atoms with van der Waals surface area (Å²) in [5.74, 6) is 1.26. The fourth-order valence-corrected chi connectivity index (χ4v) is 2.57. The third kappa shape index (κ3) is 2.95. The number of aromatic nitrogens is 3. The molecule has 6 nitrogen and oxygen atoms in total. The Morgan fingerprint density at radius 1 is 1.43 bits per heavy atom. The quantitative estimate of drug-likeness (QED) is 0.800. The number of rotatable bonds is 4. The van der Waals surface area contributed by atoms with Crippen LogP contribution in [0.25, 0.3) is 11.4 Å². The number of hydrogen-bond donors (Lipinski definition) is 3. The molecule has 0 aliphatic heterocycles. The van der Waals surface area contributed by atoms with Gasteiger partial charge >= 0.3 is 0 Å². The van der Waals surface area contributed by atoms with Crippen molar-refractivity contribution in [2.24, 2.45) is 5.73 Å². The molecule has 0 bridgehead atoms. The molecule has 0 radical (unpaired) electrons. The lowest BCUT2D eigenvalue weighted by Gasteiger charge is -2.37. The molecule has 110 valence electrons. The normalized spacial score (nSPS) is 16.3. The van der Waals surface area contributed by atoms with Crippen molar-refractivity contribution in [2.45, 2.75) is 38.1 Å². The minimum atomic E-state index is -0.319. The van der Waals surface area contributed by atoms with Crippen molar-refractivity contribution in [3.8, 4) is 11.4 Å². The summed E-state index contributed by atoms with van der Waals surface area (Å²) in [5.41, 5.74) is 7.31. The third-order valence-electron chi connectivity index (χ3n) is 3.90. The number of anilines is 1. The Hall–Kier alpha value is -2.21. The Kier molecular flexibility index (Phi) is 3.47. The van der Waals surface area contributed by atoms with Crippen LogP contribution in [0.1, 0.15) is 31.5 Å². The maximum atomic E-state index is 12.2. The van der Waals surface area contributed by atoms with Gasteiger partial charge in [-0.1, -0.05) is 12.1 Å². The minimum absolute atomic E-state index is 0.0584. The summed E-state index contributed by atoms with van der Waals surface area (Å²) in [7, 11) is 0. The van der Waals surface area contributed by atoms with Crippen LogP contribution in [0, 0.1) is 6.92 Å². The molecule has 21 heavy (non-hydrogen) atoms. The molecule has 2 aromatic rings. The molecule has 1 aromatic heterocycles. The molecule has 0 unspecified atom stereocenters.